The Labute approximate surface area is 182 Å². The van der Waals surface area contributed by atoms with Crippen LogP contribution in [0.15, 0.2) is 46.2 Å². The fourth-order valence-electron chi connectivity index (χ4n) is 3.72. The minimum Gasteiger partial charge on any atom is -0.339 e. The molecule has 2 aromatic carbocycles. The van der Waals surface area contributed by atoms with Crippen molar-refractivity contribution >= 4 is 27.7 Å². The monoisotopic (exact) mass is 443 g/mol. The lowest BCUT2D eigenvalue weighted by Gasteiger charge is -2.34. The molecule has 1 heterocycles. The normalized spacial score (nSPS) is 15.1. The molecule has 1 amide bonds. The molecule has 158 valence electrons. The summed E-state index contributed by atoms with van der Waals surface area (Å²) in [6.45, 7) is 7.30. The van der Waals surface area contributed by atoms with Gasteiger partial charge in [-0.05, 0) is 44.0 Å². The van der Waals surface area contributed by atoms with Gasteiger partial charge >= 0.3 is 0 Å². The largest absolute Gasteiger partial charge is 0.339 e. The Morgan fingerprint density at radius 1 is 1.07 bits per heavy atom. The number of hydrogen-bond acceptors (Lipinski definition) is 5. The van der Waals surface area contributed by atoms with Crippen molar-refractivity contribution in [1.82, 2.24) is 9.21 Å². The summed E-state index contributed by atoms with van der Waals surface area (Å²) in [5.74, 6) is 0.336. The third-order valence-electron chi connectivity index (χ3n) is 5.16. The first kappa shape index (κ1) is 22.3. The summed E-state index contributed by atoms with van der Waals surface area (Å²) >= 11 is 1.53. The molecule has 3 rings (SSSR count). The molecule has 1 fully saturated rings. The first-order chi connectivity index (χ1) is 14.2. The second-order valence-corrected chi connectivity index (χ2v) is 10.3. The van der Waals surface area contributed by atoms with E-state index >= 15 is 0 Å². The summed E-state index contributed by atoms with van der Waals surface area (Å²) in [5, 5.41) is 9.21. The number of rotatable bonds is 5. The Kier molecular flexibility index (Phi) is 6.86. The number of amides is 1. The van der Waals surface area contributed by atoms with E-state index in [1.165, 1.54) is 33.8 Å². The standard InChI is InChI=1S/C22H25N3O3S2/c1-16-12-17(2)22(18(3)13-16)29-15-21(26)24-8-10-25(11-9-24)30(27,28)20-7-5-4-6-19(20)14-23/h4-7,12-13H,8-11,15H2,1-3H3. The Bertz CT molecular complexity index is 1080. The van der Waals surface area contributed by atoms with Crippen molar-refractivity contribution < 1.29 is 13.2 Å². The van der Waals surface area contributed by atoms with Crippen LogP contribution < -0.4 is 0 Å². The number of sulfonamides is 1. The smallest absolute Gasteiger partial charge is 0.244 e. The fourth-order valence-corrected chi connectivity index (χ4v) is 6.31. The summed E-state index contributed by atoms with van der Waals surface area (Å²) in [7, 11) is -3.76. The zero-order valence-corrected chi connectivity index (χ0v) is 19.0. The molecule has 0 bridgehead atoms. The molecule has 1 saturated heterocycles. The average Bonchev–Trinajstić information content (AvgIpc) is 2.72. The van der Waals surface area contributed by atoms with Gasteiger partial charge in [0, 0.05) is 31.1 Å². The maximum absolute atomic E-state index is 12.9. The first-order valence-electron chi connectivity index (χ1n) is 9.71. The van der Waals surface area contributed by atoms with Gasteiger partial charge in [0.05, 0.1) is 16.2 Å². The number of hydrogen-bond donors (Lipinski definition) is 0. The van der Waals surface area contributed by atoms with Crippen molar-refractivity contribution in [3.8, 4) is 6.07 Å². The zero-order chi connectivity index (χ0) is 21.9. The summed E-state index contributed by atoms with van der Waals surface area (Å²) in [6, 6.07) is 12.4. The van der Waals surface area contributed by atoms with Crippen LogP contribution in [-0.4, -0.2) is 55.5 Å². The molecular formula is C22H25N3O3S2. The van der Waals surface area contributed by atoms with Crippen LogP contribution in [-0.2, 0) is 14.8 Å². The summed E-state index contributed by atoms with van der Waals surface area (Å²) in [5.41, 5.74) is 3.67. The van der Waals surface area contributed by atoms with Gasteiger partial charge in [0.15, 0.2) is 0 Å². The van der Waals surface area contributed by atoms with Crippen LogP contribution in [0.2, 0.25) is 0 Å². The van der Waals surface area contributed by atoms with E-state index in [2.05, 4.69) is 32.9 Å². The predicted molar refractivity (Wildman–Crippen MR) is 118 cm³/mol. The number of carbonyl (C=O) groups is 1. The van der Waals surface area contributed by atoms with Crippen molar-refractivity contribution in [2.75, 3.05) is 31.9 Å². The molecule has 1 aliphatic heterocycles. The molecule has 6 nitrogen and oxygen atoms in total. The highest BCUT2D eigenvalue weighted by Crippen LogP contribution is 2.28. The maximum atomic E-state index is 12.9. The summed E-state index contributed by atoms with van der Waals surface area (Å²) in [6.07, 6.45) is 0. The van der Waals surface area contributed by atoms with E-state index in [9.17, 15) is 18.5 Å². The highest BCUT2D eigenvalue weighted by molar-refractivity contribution is 8.00. The Morgan fingerprint density at radius 3 is 2.27 bits per heavy atom. The third-order valence-corrected chi connectivity index (χ3v) is 8.44. The van der Waals surface area contributed by atoms with Gasteiger partial charge < -0.3 is 4.90 Å². The molecule has 2 aromatic rings. The first-order valence-corrected chi connectivity index (χ1v) is 12.1. The predicted octanol–water partition coefficient (Wildman–Crippen LogP) is 3.11. The number of thioether (sulfide) groups is 1. The van der Waals surface area contributed by atoms with E-state index in [1.807, 2.05) is 6.07 Å². The highest BCUT2D eigenvalue weighted by atomic mass is 32.2. The maximum Gasteiger partial charge on any atom is 0.244 e. The lowest BCUT2D eigenvalue weighted by atomic mass is 10.1. The van der Waals surface area contributed by atoms with Crippen LogP contribution in [0.1, 0.15) is 22.3 Å². The van der Waals surface area contributed by atoms with Crippen LogP contribution in [0.5, 0.6) is 0 Å². The molecule has 0 N–H and O–H groups in total. The number of benzene rings is 2. The molecule has 8 heteroatoms. The second-order valence-electron chi connectivity index (χ2n) is 7.41. The van der Waals surface area contributed by atoms with E-state index < -0.39 is 10.0 Å². The molecule has 0 saturated carbocycles. The van der Waals surface area contributed by atoms with Gasteiger partial charge in [0.2, 0.25) is 15.9 Å². The Morgan fingerprint density at radius 2 is 1.67 bits per heavy atom. The second kappa shape index (κ2) is 9.21. The van der Waals surface area contributed by atoms with Crippen molar-refractivity contribution in [3.63, 3.8) is 0 Å². The Balaban J connectivity index is 1.62. The molecule has 30 heavy (non-hydrogen) atoms. The van der Waals surface area contributed by atoms with Gasteiger partial charge in [-0.15, -0.1) is 11.8 Å². The minimum absolute atomic E-state index is 0.00819. The van der Waals surface area contributed by atoms with E-state index in [0.717, 1.165) is 16.0 Å². The molecule has 0 unspecified atom stereocenters. The number of aryl methyl sites for hydroxylation is 3. The van der Waals surface area contributed by atoms with Crippen molar-refractivity contribution in [2.45, 2.75) is 30.6 Å². The van der Waals surface area contributed by atoms with Crippen molar-refractivity contribution in [1.29, 1.82) is 5.26 Å². The lowest BCUT2D eigenvalue weighted by Crippen LogP contribution is -2.51. The summed E-state index contributed by atoms with van der Waals surface area (Å²) in [4.78, 5) is 15.5. The molecule has 0 atom stereocenters. The molecule has 0 radical (unpaired) electrons. The van der Waals surface area contributed by atoms with Gasteiger partial charge in [0.25, 0.3) is 0 Å². The van der Waals surface area contributed by atoms with Crippen LogP contribution in [0.3, 0.4) is 0 Å². The van der Waals surface area contributed by atoms with Crippen LogP contribution in [0.25, 0.3) is 0 Å². The van der Waals surface area contributed by atoms with Crippen molar-refractivity contribution in [2.24, 2.45) is 0 Å². The quantitative estimate of drug-likeness (QED) is 0.663. The van der Waals surface area contributed by atoms with E-state index in [4.69, 9.17) is 0 Å². The lowest BCUT2D eigenvalue weighted by molar-refractivity contribution is -0.129. The van der Waals surface area contributed by atoms with Gasteiger partial charge in [-0.2, -0.15) is 9.57 Å². The molecule has 1 aliphatic rings. The van der Waals surface area contributed by atoms with Gasteiger partial charge in [0.1, 0.15) is 6.07 Å². The molecule has 0 aromatic heterocycles. The Hall–Kier alpha value is -2.34. The topological polar surface area (TPSA) is 81.5 Å². The average molecular weight is 444 g/mol. The van der Waals surface area contributed by atoms with E-state index in [0.29, 0.717) is 18.8 Å². The number of nitrogens with zero attached hydrogens (tertiary/aromatic N) is 3. The van der Waals surface area contributed by atoms with Gasteiger partial charge in [-0.3, -0.25) is 4.79 Å². The highest BCUT2D eigenvalue weighted by Gasteiger charge is 2.31. The number of nitriles is 1. The van der Waals surface area contributed by atoms with Gasteiger partial charge in [-0.25, -0.2) is 8.42 Å². The fraction of sp³-hybridized carbons (Fsp3) is 0.364. The number of piperazine rings is 1. The third kappa shape index (κ3) is 4.69. The zero-order valence-electron chi connectivity index (χ0n) is 17.4. The van der Waals surface area contributed by atoms with Crippen LogP contribution >= 0.6 is 11.8 Å². The van der Waals surface area contributed by atoms with E-state index in [1.54, 1.807) is 17.0 Å². The van der Waals surface area contributed by atoms with E-state index in [-0.39, 0.29) is 29.5 Å². The van der Waals surface area contributed by atoms with Gasteiger partial charge in [-0.1, -0.05) is 29.8 Å². The number of carbonyl (C=O) groups excluding carboxylic acids is 1. The van der Waals surface area contributed by atoms with Crippen LogP contribution in [0.4, 0.5) is 0 Å². The molecule has 0 spiro atoms. The minimum atomic E-state index is -3.76. The van der Waals surface area contributed by atoms with Crippen molar-refractivity contribution in [3.05, 3.63) is 58.7 Å². The van der Waals surface area contributed by atoms with Crippen LogP contribution in [0, 0.1) is 32.1 Å². The SMILES string of the molecule is Cc1cc(C)c(SCC(=O)N2CCN(S(=O)(=O)c3ccccc3C#N)CC2)c(C)c1. The summed E-state index contributed by atoms with van der Waals surface area (Å²) < 4.78 is 27.2. The molecule has 0 aliphatic carbocycles. The molecular weight excluding hydrogens is 418 g/mol.